The first-order valence-electron chi connectivity index (χ1n) is 11.0. The lowest BCUT2D eigenvalue weighted by molar-refractivity contribution is -0.144. The van der Waals surface area contributed by atoms with Crippen LogP contribution in [0.15, 0.2) is 35.0 Å². The number of carbonyl (C=O) groups is 2. The molecular formula is C25H37N3O3S. The zero-order valence-electron chi connectivity index (χ0n) is 20.3. The molecule has 0 radical (unpaired) electrons. The summed E-state index contributed by atoms with van der Waals surface area (Å²) in [5.74, 6) is -0.571. The summed E-state index contributed by atoms with van der Waals surface area (Å²) in [5.41, 5.74) is 2.67. The molecule has 1 saturated heterocycles. The van der Waals surface area contributed by atoms with Crippen molar-refractivity contribution in [1.82, 2.24) is 10.2 Å². The summed E-state index contributed by atoms with van der Waals surface area (Å²) >= 11 is 1.62. The van der Waals surface area contributed by atoms with Gasteiger partial charge in [-0.25, -0.2) is 0 Å². The number of likely N-dealkylation sites (tertiary alicyclic amines) is 1. The van der Waals surface area contributed by atoms with E-state index in [-0.39, 0.29) is 42.2 Å². The van der Waals surface area contributed by atoms with Crippen molar-refractivity contribution < 1.29 is 14.7 Å². The van der Waals surface area contributed by atoms with Gasteiger partial charge in [-0.1, -0.05) is 52.0 Å². The summed E-state index contributed by atoms with van der Waals surface area (Å²) < 4.78 is 0. The first-order valence-corrected chi connectivity index (χ1v) is 12.2. The number of carbonyl (C=O) groups excluding carboxylic acids is 2. The lowest BCUT2D eigenvalue weighted by Crippen LogP contribution is -2.49. The van der Waals surface area contributed by atoms with Crippen molar-refractivity contribution in [1.29, 1.82) is 0 Å². The standard InChI is InChI=1S/C25H37N3O3S/c1-15(25(4,5)6)24(31)28-14-20(29)13-21(28)23(30)27-16(2)18-9-11-19(12-10-18)22(32-8)17(3)26-7/h9-12,15-16,20-21,29H,7,13-14H2,1-6,8H3,(H,27,30)/b22-17-. The number of hydrogen-bond acceptors (Lipinski definition) is 5. The molecule has 0 spiro atoms. The highest BCUT2D eigenvalue weighted by Gasteiger charge is 2.42. The van der Waals surface area contributed by atoms with Crippen LogP contribution >= 0.6 is 11.8 Å². The van der Waals surface area contributed by atoms with Crippen LogP contribution < -0.4 is 5.32 Å². The summed E-state index contributed by atoms with van der Waals surface area (Å²) in [4.78, 5) is 32.7. The van der Waals surface area contributed by atoms with E-state index < -0.39 is 12.1 Å². The van der Waals surface area contributed by atoms with Gasteiger partial charge in [0.15, 0.2) is 0 Å². The van der Waals surface area contributed by atoms with Crippen molar-refractivity contribution in [2.75, 3.05) is 12.8 Å². The van der Waals surface area contributed by atoms with Crippen LogP contribution in [0.1, 0.15) is 65.1 Å². The third-order valence-electron chi connectivity index (χ3n) is 6.34. The molecule has 4 atom stereocenters. The summed E-state index contributed by atoms with van der Waals surface area (Å²) in [6.45, 7) is 15.6. The second-order valence-corrected chi connectivity index (χ2v) is 10.4. The normalized spacial score (nSPS) is 21.6. The Balaban J connectivity index is 2.14. The molecule has 2 rings (SSSR count). The number of aliphatic hydroxyl groups is 1. The fourth-order valence-electron chi connectivity index (χ4n) is 3.79. The highest BCUT2D eigenvalue weighted by atomic mass is 32.2. The maximum absolute atomic E-state index is 13.1. The van der Waals surface area contributed by atoms with E-state index in [1.807, 2.05) is 72.1 Å². The number of benzene rings is 1. The van der Waals surface area contributed by atoms with Crippen molar-refractivity contribution in [2.24, 2.45) is 16.3 Å². The Labute approximate surface area is 196 Å². The van der Waals surface area contributed by atoms with Gasteiger partial charge in [0.2, 0.25) is 11.8 Å². The first-order chi connectivity index (χ1) is 14.9. The average Bonchev–Trinajstić information content (AvgIpc) is 3.14. The molecule has 1 fully saturated rings. The van der Waals surface area contributed by atoms with E-state index in [4.69, 9.17) is 0 Å². The minimum absolute atomic E-state index is 0.0891. The Bertz CT molecular complexity index is 873. The SMILES string of the molecule is C=N/C(C)=C(\SC)c1ccc(C(C)NC(=O)C2CC(O)CN2C(=O)C(C)C(C)(C)C)cc1. The number of allylic oxidation sites excluding steroid dienone is 1. The number of aliphatic imine (C=N–C) groups is 1. The van der Waals surface area contributed by atoms with Gasteiger partial charge in [0, 0.05) is 23.8 Å². The predicted molar refractivity (Wildman–Crippen MR) is 133 cm³/mol. The van der Waals surface area contributed by atoms with Gasteiger partial charge in [-0.2, -0.15) is 0 Å². The zero-order chi connectivity index (χ0) is 24.2. The minimum atomic E-state index is -0.685. The number of rotatable bonds is 7. The summed E-state index contributed by atoms with van der Waals surface area (Å²) in [5, 5.41) is 13.2. The van der Waals surface area contributed by atoms with Crippen molar-refractivity contribution in [3.8, 4) is 0 Å². The summed E-state index contributed by atoms with van der Waals surface area (Å²) in [6.07, 6.45) is 1.58. The Kier molecular flexibility index (Phi) is 8.71. The molecule has 176 valence electrons. The van der Waals surface area contributed by atoms with Gasteiger partial charge >= 0.3 is 0 Å². The van der Waals surface area contributed by atoms with Crippen LogP contribution in [0, 0.1) is 11.3 Å². The molecule has 1 heterocycles. The molecular weight excluding hydrogens is 422 g/mol. The lowest BCUT2D eigenvalue weighted by atomic mass is 9.81. The van der Waals surface area contributed by atoms with E-state index >= 15 is 0 Å². The van der Waals surface area contributed by atoms with Crippen molar-refractivity contribution in [3.05, 3.63) is 41.1 Å². The Morgan fingerprint density at radius 2 is 1.84 bits per heavy atom. The van der Waals surface area contributed by atoms with Gasteiger partial charge in [-0.3, -0.25) is 14.6 Å². The van der Waals surface area contributed by atoms with E-state index in [1.54, 1.807) is 16.7 Å². The second kappa shape index (κ2) is 10.7. The zero-order valence-corrected chi connectivity index (χ0v) is 21.1. The highest BCUT2D eigenvalue weighted by molar-refractivity contribution is 8.07. The number of nitrogens with zero attached hydrogens (tertiary/aromatic N) is 2. The van der Waals surface area contributed by atoms with Crippen LogP contribution in [-0.4, -0.2) is 53.5 Å². The first kappa shape index (κ1) is 26.1. The topological polar surface area (TPSA) is 82.0 Å². The van der Waals surface area contributed by atoms with Crippen LogP contribution in [0.25, 0.3) is 4.91 Å². The molecule has 6 nitrogen and oxygen atoms in total. The van der Waals surface area contributed by atoms with Crippen LogP contribution in [0.4, 0.5) is 0 Å². The molecule has 32 heavy (non-hydrogen) atoms. The van der Waals surface area contributed by atoms with Gasteiger partial charge in [0.1, 0.15) is 6.04 Å². The smallest absolute Gasteiger partial charge is 0.243 e. The number of β-amino-alcohol motifs (C(OH)–C–C–N with tert-alkyl or cyclic N) is 1. The predicted octanol–water partition coefficient (Wildman–Crippen LogP) is 4.26. The molecule has 2 amide bonds. The number of nitrogens with one attached hydrogen (secondary N) is 1. The quantitative estimate of drug-likeness (QED) is 0.597. The summed E-state index contributed by atoms with van der Waals surface area (Å²) in [6, 6.07) is 7.11. The molecule has 4 unspecified atom stereocenters. The third-order valence-corrected chi connectivity index (χ3v) is 7.28. The van der Waals surface area contributed by atoms with E-state index in [1.165, 1.54) is 0 Å². The van der Waals surface area contributed by atoms with E-state index in [0.717, 1.165) is 21.7 Å². The molecule has 0 saturated carbocycles. The van der Waals surface area contributed by atoms with Gasteiger partial charge < -0.3 is 15.3 Å². The number of amides is 2. The molecule has 0 aliphatic carbocycles. The molecule has 1 aromatic carbocycles. The van der Waals surface area contributed by atoms with E-state index in [9.17, 15) is 14.7 Å². The van der Waals surface area contributed by atoms with Crippen LogP contribution in [0.3, 0.4) is 0 Å². The van der Waals surface area contributed by atoms with Crippen LogP contribution in [0.5, 0.6) is 0 Å². The number of aliphatic hydroxyl groups excluding tert-OH is 1. The third kappa shape index (κ3) is 6.01. The largest absolute Gasteiger partial charge is 0.391 e. The van der Waals surface area contributed by atoms with Crippen molar-refractivity contribution in [2.45, 2.75) is 66.2 Å². The van der Waals surface area contributed by atoms with Crippen molar-refractivity contribution >= 4 is 35.2 Å². The molecule has 1 aliphatic heterocycles. The van der Waals surface area contributed by atoms with E-state index in [0.29, 0.717) is 0 Å². The van der Waals surface area contributed by atoms with Gasteiger partial charge in [0.05, 0.1) is 17.8 Å². The van der Waals surface area contributed by atoms with Crippen LogP contribution in [-0.2, 0) is 9.59 Å². The van der Waals surface area contributed by atoms with Crippen LogP contribution in [0.2, 0.25) is 0 Å². The Hall–Kier alpha value is -2.12. The van der Waals surface area contributed by atoms with Crippen molar-refractivity contribution in [3.63, 3.8) is 0 Å². The molecule has 2 N–H and O–H groups in total. The molecule has 7 heteroatoms. The maximum atomic E-state index is 13.1. The number of hydrogen-bond donors (Lipinski definition) is 2. The van der Waals surface area contributed by atoms with Gasteiger partial charge in [0.25, 0.3) is 0 Å². The summed E-state index contributed by atoms with van der Waals surface area (Å²) in [7, 11) is 0. The second-order valence-electron chi connectivity index (χ2n) is 9.61. The maximum Gasteiger partial charge on any atom is 0.243 e. The lowest BCUT2D eigenvalue weighted by Gasteiger charge is -2.33. The van der Waals surface area contributed by atoms with Gasteiger partial charge in [-0.05, 0) is 43.4 Å². The average molecular weight is 460 g/mol. The Morgan fingerprint density at radius 1 is 1.25 bits per heavy atom. The van der Waals surface area contributed by atoms with E-state index in [2.05, 4.69) is 17.0 Å². The molecule has 1 aliphatic rings. The fraction of sp³-hybridized carbons (Fsp3) is 0.560. The molecule has 0 bridgehead atoms. The molecule has 0 aromatic heterocycles. The fourth-order valence-corrected chi connectivity index (χ4v) is 4.52. The Morgan fingerprint density at radius 3 is 2.34 bits per heavy atom. The van der Waals surface area contributed by atoms with Gasteiger partial charge in [-0.15, -0.1) is 11.8 Å². The minimum Gasteiger partial charge on any atom is -0.391 e. The number of thioether (sulfide) groups is 1. The molecule has 1 aromatic rings. The highest BCUT2D eigenvalue weighted by Crippen LogP contribution is 2.32. The monoisotopic (exact) mass is 459 g/mol.